The second kappa shape index (κ2) is 7.00. The lowest BCUT2D eigenvalue weighted by Gasteiger charge is -2.23. The van der Waals surface area contributed by atoms with Crippen molar-refractivity contribution in [2.45, 2.75) is 31.7 Å². The van der Waals surface area contributed by atoms with Crippen molar-refractivity contribution in [3.05, 3.63) is 63.6 Å². The Morgan fingerprint density at radius 2 is 1.85 bits per heavy atom. The molecule has 1 aliphatic carbocycles. The van der Waals surface area contributed by atoms with E-state index < -0.39 is 5.54 Å². The zero-order chi connectivity index (χ0) is 19.0. The van der Waals surface area contributed by atoms with Gasteiger partial charge in [-0.25, -0.2) is 4.79 Å². The Morgan fingerprint density at radius 1 is 1.11 bits per heavy atom. The quantitative estimate of drug-likeness (QED) is 0.736. The van der Waals surface area contributed by atoms with Gasteiger partial charge in [0.25, 0.3) is 5.91 Å². The van der Waals surface area contributed by atoms with Gasteiger partial charge in [-0.3, -0.25) is 9.69 Å². The van der Waals surface area contributed by atoms with Gasteiger partial charge in [0.05, 0.1) is 6.54 Å². The smallest absolute Gasteiger partial charge is 0.325 e. The van der Waals surface area contributed by atoms with Crippen molar-refractivity contribution < 1.29 is 14.3 Å². The molecule has 2 aromatic rings. The van der Waals surface area contributed by atoms with Gasteiger partial charge in [-0.1, -0.05) is 34.1 Å². The van der Waals surface area contributed by atoms with Crippen LogP contribution in [0.25, 0.3) is 0 Å². The molecule has 6 heteroatoms. The minimum atomic E-state index is -1.02. The summed E-state index contributed by atoms with van der Waals surface area (Å²) in [5.41, 5.74) is 2.45. The van der Waals surface area contributed by atoms with Crippen LogP contribution in [0.15, 0.2) is 46.9 Å². The fraction of sp³-hybridized carbons (Fsp3) is 0.333. The van der Waals surface area contributed by atoms with E-state index in [1.165, 1.54) is 16.0 Å². The van der Waals surface area contributed by atoms with Crippen LogP contribution in [0.5, 0.6) is 5.75 Å². The van der Waals surface area contributed by atoms with Gasteiger partial charge in [0.2, 0.25) is 0 Å². The molecule has 1 unspecified atom stereocenters. The third kappa shape index (κ3) is 3.34. The third-order valence-corrected chi connectivity index (χ3v) is 5.88. The molecule has 1 fully saturated rings. The summed E-state index contributed by atoms with van der Waals surface area (Å²) in [6.45, 7) is 2.24. The van der Waals surface area contributed by atoms with Gasteiger partial charge >= 0.3 is 6.03 Å². The van der Waals surface area contributed by atoms with E-state index in [9.17, 15) is 9.59 Å². The number of rotatable bonds is 5. The summed E-state index contributed by atoms with van der Waals surface area (Å²) in [5.74, 6) is 0.469. The van der Waals surface area contributed by atoms with Crippen LogP contribution in [0.2, 0.25) is 0 Å². The number of amides is 3. The van der Waals surface area contributed by atoms with Crippen LogP contribution in [0.1, 0.15) is 30.0 Å². The van der Waals surface area contributed by atoms with Gasteiger partial charge in [-0.2, -0.15) is 0 Å². The van der Waals surface area contributed by atoms with Crippen LogP contribution in [-0.2, 0) is 23.2 Å². The number of halogens is 1. The summed E-state index contributed by atoms with van der Waals surface area (Å²) in [6.07, 6.45) is 3.27. The number of benzene rings is 2. The molecule has 1 saturated heterocycles. The first-order valence-corrected chi connectivity index (χ1v) is 9.91. The van der Waals surface area contributed by atoms with Crippen molar-refractivity contribution in [1.29, 1.82) is 0 Å². The van der Waals surface area contributed by atoms with E-state index >= 15 is 0 Å². The number of carbonyl (C=O) groups is 2. The standard InChI is InChI=1S/C21H21BrN2O3/c1-21(16-6-5-14-3-2-4-15(14)13-16)19(25)24(20(26)23-21)11-12-27-18-9-7-17(22)8-10-18/h5-10,13H,2-4,11-12H2,1H3,(H,23,26). The van der Waals surface area contributed by atoms with Crippen molar-refractivity contribution in [2.24, 2.45) is 0 Å². The highest BCUT2D eigenvalue weighted by molar-refractivity contribution is 9.10. The van der Waals surface area contributed by atoms with Gasteiger partial charge < -0.3 is 10.1 Å². The number of nitrogens with zero attached hydrogens (tertiary/aromatic N) is 1. The first-order chi connectivity index (χ1) is 13.0. The van der Waals surface area contributed by atoms with E-state index in [1.807, 2.05) is 30.3 Å². The molecule has 0 radical (unpaired) electrons. The van der Waals surface area contributed by atoms with E-state index in [0.717, 1.165) is 29.3 Å². The van der Waals surface area contributed by atoms with Crippen LogP contribution in [0, 0.1) is 0 Å². The molecule has 140 valence electrons. The molecule has 3 amide bonds. The lowest BCUT2D eigenvalue weighted by Crippen LogP contribution is -2.41. The van der Waals surface area contributed by atoms with Crippen molar-refractivity contribution in [1.82, 2.24) is 10.2 Å². The van der Waals surface area contributed by atoms with Crippen molar-refractivity contribution >= 4 is 27.9 Å². The Hall–Kier alpha value is -2.34. The predicted molar refractivity (Wildman–Crippen MR) is 106 cm³/mol. The van der Waals surface area contributed by atoms with Crippen molar-refractivity contribution in [3.8, 4) is 5.75 Å². The normalized spacial score (nSPS) is 21.3. The van der Waals surface area contributed by atoms with Crippen LogP contribution in [0.3, 0.4) is 0 Å². The van der Waals surface area contributed by atoms with Crippen LogP contribution >= 0.6 is 15.9 Å². The number of hydrogen-bond donors (Lipinski definition) is 1. The number of fused-ring (bicyclic) bond motifs is 1. The van der Waals surface area contributed by atoms with E-state index in [0.29, 0.717) is 5.75 Å². The van der Waals surface area contributed by atoms with Gasteiger partial charge in [-0.15, -0.1) is 0 Å². The highest BCUT2D eigenvalue weighted by atomic mass is 79.9. The second-order valence-electron chi connectivity index (χ2n) is 7.15. The van der Waals surface area contributed by atoms with Gasteiger partial charge in [-0.05, 0) is 67.1 Å². The fourth-order valence-electron chi connectivity index (χ4n) is 3.76. The lowest BCUT2D eigenvalue weighted by atomic mass is 9.90. The number of ether oxygens (including phenoxy) is 1. The number of nitrogens with one attached hydrogen (secondary N) is 1. The maximum Gasteiger partial charge on any atom is 0.325 e. The highest BCUT2D eigenvalue weighted by Crippen LogP contribution is 2.32. The number of imide groups is 1. The van der Waals surface area contributed by atoms with Crippen LogP contribution in [0.4, 0.5) is 4.79 Å². The number of hydrogen-bond acceptors (Lipinski definition) is 3. The molecule has 0 bridgehead atoms. The lowest BCUT2D eigenvalue weighted by molar-refractivity contribution is -0.131. The van der Waals surface area contributed by atoms with E-state index in [-0.39, 0.29) is 25.1 Å². The SMILES string of the molecule is CC1(c2ccc3c(c2)CCC3)NC(=O)N(CCOc2ccc(Br)cc2)C1=O. The second-order valence-corrected chi connectivity index (χ2v) is 8.07. The molecule has 2 aromatic carbocycles. The highest BCUT2D eigenvalue weighted by Gasteiger charge is 2.49. The maximum atomic E-state index is 13.0. The molecular weight excluding hydrogens is 408 g/mol. The molecular formula is C21H21BrN2O3. The molecule has 1 atom stereocenters. The molecule has 0 aromatic heterocycles. The third-order valence-electron chi connectivity index (χ3n) is 5.35. The molecule has 0 spiro atoms. The van der Waals surface area contributed by atoms with Crippen molar-refractivity contribution in [2.75, 3.05) is 13.2 Å². The predicted octanol–water partition coefficient (Wildman–Crippen LogP) is 3.78. The van der Waals surface area contributed by atoms with E-state index in [4.69, 9.17) is 4.74 Å². The maximum absolute atomic E-state index is 13.0. The van der Waals surface area contributed by atoms with Gasteiger partial charge in [0.1, 0.15) is 17.9 Å². The largest absolute Gasteiger partial charge is 0.492 e. The van der Waals surface area contributed by atoms with E-state index in [1.54, 1.807) is 6.92 Å². The monoisotopic (exact) mass is 428 g/mol. The van der Waals surface area contributed by atoms with E-state index in [2.05, 4.69) is 33.4 Å². The number of urea groups is 1. The minimum absolute atomic E-state index is 0.210. The molecule has 1 aliphatic heterocycles. The topological polar surface area (TPSA) is 58.6 Å². The summed E-state index contributed by atoms with van der Waals surface area (Å²) in [7, 11) is 0. The molecule has 27 heavy (non-hydrogen) atoms. The Morgan fingerprint density at radius 3 is 2.63 bits per heavy atom. The zero-order valence-electron chi connectivity index (χ0n) is 15.1. The average Bonchev–Trinajstić information content (AvgIpc) is 3.21. The van der Waals surface area contributed by atoms with Gasteiger partial charge in [0.15, 0.2) is 0 Å². The molecule has 0 saturated carbocycles. The van der Waals surface area contributed by atoms with Crippen LogP contribution in [-0.4, -0.2) is 30.0 Å². The Balaban J connectivity index is 1.45. The number of aryl methyl sites for hydroxylation is 2. The molecule has 1 heterocycles. The molecule has 5 nitrogen and oxygen atoms in total. The Labute approximate surface area is 166 Å². The first kappa shape index (κ1) is 18.0. The molecule has 2 aliphatic rings. The summed E-state index contributed by atoms with van der Waals surface area (Å²) >= 11 is 3.38. The summed E-state index contributed by atoms with van der Waals surface area (Å²) in [5, 5.41) is 2.87. The summed E-state index contributed by atoms with van der Waals surface area (Å²) in [4.78, 5) is 26.7. The molecule has 1 N–H and O–H groups in total. The van der Waals surface area contributed by atoms with Gasteiger partial charge in [0, 0.05) is 4.47 Å². The summed E-state index contributed by atoms with van der Waals surface area (Å²) < 4.78 is 6.63. The Kier molecular flexibility index (Phi) is 4.68. The summed E-state index contributed by atoms with van der Waals surface area (Å²) in [6, 6.07) is 13.2. The Bertz CT molecular complexity index is 897. The van der Waals surface area contributed by atoms with Crippen molar-refractivity contribution in [3.63, 3.8) is 0 Å². The van der Waals surface area contributed by atoms with Crippen LogP contribution < -0.4 is 10.1 Å². The number of carbonyl (C=O) groups excluding carboxylic acids is 2. The fourth-order valence-corrected chi connectivity index (χ4v) is 4.03. The average molecular weight is 429 g/mol. The first-order valence-electron chi connectivity index (χ1n) is 9.12. The minimum Gasteiger partial charge on any atom is -0.492 e. The zero-order valence-corrected chi connectivity index (χ0v) is 16.7. The molecule has 4 rings (SSSR count).